The Hall–Kier alpha value is -3.63. The molecule has 0 aromatic heterocycles. The minimum Gasteiger partial charge on any atom is -0.465 e. The third-order valence-corrected chi connectivity index (χ3v) is 6.20. The summed E-state index contributed by atoms with van der Waals surface area (Å²) in [6, 6.07) is 7.25. The van der Waals surface area contributed by atoms with E-state index in [1.54, 1.807) is 27.7 Å². The summed E-state index contributed by atoms with van der Waals surface area (Å²) in [5, 5.41) is 10.6. The minimum atomic E-state index is -1.09. The maximum absolute atomic E-state index is 13.2. The van der Waals surface area contributed by atoms with Crippen molar-refractivity contribution in [2.75, 3.05) is 13.3 Å². The average Bonchev–Trinajstić information content (AvgIpc) is 2.88. The van der Waals surface area contributed by atoms with Gasteiger partial charge >= 0.3 is 12.1 Å². The summed E-state index contributed by atoms with van der Waals surface area (Å²) >= 11 is 0. The normalized spacial score (nSPS) is 14.2. The lowest BCUT2D eigenvalue weighted by Crippen LogP contribution is -2.57. The van der Waals surface area contributed by atoms with Crippen molar-refractivity contribution in [2.24, 2.45) is 17.8 Å². The largest absolute Gasteiger partial charge is 0.465 e. The van der Waals surface area contributed by atoms with Crippen molar-refractivity contribution < 1.29 is 33.4 Å². The van der Waals surface area contributed by atoms with E-state index >= 15 is 0 Å². The number of hydrogen-bond donors (Lipinski definition) is 4. The summed E-state index contributed by atoms with van der Waals surface area (Å²) < 4.78 is 10.4. The first kappa shape index (κ1) is 35.4. The Labute approximate surface area is 243 Å². The van der Waals surface area contributed by atoms with Crippen molar-refractivity contribution in [1.82, 2.24) is 21.3 Å². The maximum atomic E-state index is 13.2. The van der Waals surface area contributed by atoms with E-state index in [4.69, 9.17) is 9.47 Å². The zero-order chi connectivity index (χ0) is 31.2. The molecule has 0 aliphatic rings. The molecule has 0 radical (unpaired) electrons. The Morgan fingerprint density at radius 3 is 2.00 bits per heavy atom. The van der Waals surface area contributed by atoms with E-state index < -0.39 is 53.4 Å². The molecule has 11 heteroatoms. The molecule has 11 nitrogen and oxygen atoms in total. The van der Waals surface area contributed by atoms with Crippen LogP contribution in [0.3, 0.4) is 0 Å². The van der Waals surface area contributed by atoms with Crippen LogP contribution < -0.4 is 21.3 Å². The van der Waals surface area contributed by atoms with Crippen LogP contribution in [0.5, 0.6) is 0 Å². The molecule has 0 fully saturated rings. The first-order chi connectivity index (χ1) is 19.2. The molecule has 0 bridgehead atoms. The highest BCUT2D eigenvalue weighted by atomic mass is 16.6. The Morgan fingerprint density at radius 1 is 0.854 bits per heavy atom. The number of nitrogens with one attached hydrogen (secondary N) is 4. The molecule has 4 amide bonds. The number of carbonyl (C=O) groups is 5. The second-order valence-corrected chi connectivity index (χ2v) is 11.5. The van der Waals surface area contributed by atoms with Gasteiger partial charge in [0.05, 0.1) is 13.3 Å². The van der Waals surface area contributed by atoms with Crippen molar-refractivity contribution >= 4 is 29.8 Å². The van der Waals surface area contributed by atoms with Gasteiger partial charge in [-0.3, -0.25) is 19.2 Å². The molecular formula is C30H48N4O7. The fourth-order valence-electron chi connectivity index (χ4n) is 3.94. The molecule has 41 heavy (non-hydrogen) atoms. The summed E-state index contributed by atoms with van der Waals surface area (Å²) in [5.74, 6) is -3.53. The van der Waals surface area contributed by atoms with Crippen molar-refractivity contribution in [3.05, 3.63) is 35.9 Å². The molecule has 1 aromatic rings. The van der Waals surface area contributed by atoms with Crippen LogP contribution in [-0.2, 0) is 35.1 Å². The molecule has 230 valence electrons. The molecule has 0 saturated carbocycles. The van der Waals surface area contributed by atoms with Crippen molar-refractivity contribution in [3.63, 3.8) is 0 Å². The number of rotatable bonds is 15. The Kier molecular flexibility index (Phi) is 14.9. The summed E-state index contributed by atoms with van der Waals surface area (Å²) in [4.78, 5) is 64.1. The number of amides is 4. The van der Waals surface area contributed by atoms with Gasteiger partial charge in [-0.25, -0.2) is 4.79 Å². The van der Waals surface area contributed by atoms with Gasteiger partial charge in [0.15, 0.2) is 0 Å². The van der Waals surface area contributed by atoms with Gasteiger partial charge in [-0.2, -0.15) is 0 Å². The minimum absolute atomic E-state index is 0.0561. The van der Waals surface area contributed by atoms with Gasteiger partial charge in [0.2, 0.25) is 17.7 Å². The predicted molar refractivity (Wildman–Crippen MR) is 155 cm³/mol. The fourth-order valence-corrected chi connectivity index (χ4v) is 3.94. The molecule has 1 unspecified atom stereocenters. The number of benzene rings is 1. The van der Waals surface area contributed by atoms with Crippen LogP contribution >= 0.6 is 0 Å². The SMILES string of the molecule is CCOC(=O)C(Cc1ccccc1)C(=O)NCNC(=O)[C@H](CC(C)C)NC(=O)[C@@H](NC(=O)OC(C)(C)C)[C@@H](C)CC. The monoisotopic (exact) mass is 576 g/mol. The topological polar surface area (TPSA) is 152 Å². The molecule has 0 heterocycles. The van der Waals surface area contributed by atoms with Gasteiger partial charge in [-0.15, -0.1) is 0 Å². The second-order valence-electron chi connectivity index (χ2n) is 11.5. The molecule has 0 aliphatic heterocycles. The van der Waals surface area contributed by atoms with Crippen LogP contribution in [0.1, 0.15) is 73.8 Å². The number of alkyl carbamates (subject to hydrolysis) is 1. The van der Waals surface area contributed by atoms with E-state index in [9.17, 15) is 24.0 Å². The van der Waals surface area contributed by atoms with Gasteiger partial charge in [-0.05, 0) is 57.9 Å². The van der Waals surface area contributed by atoms with Crippen molar-refractivity contribution in [1.29, 1.82) is 0 Å². The number of carbonyl (C=O) groups excluding carboxylic acids is 5. The maximum Gasteiger partial charge on any atom is 0.408 e. The highest BCUT2D eigenvalue weighted by Gasteiger charge is 2.32. The third-order valence-electron chi connectivity index (χ3n) is 6.20. The van der Waals surface area contributed by atoms with Crippen molar-refractivity contribution in [2.45, 2.75) is 92.3 Å². The zero-order valence-corrected chi connectivity index (χ0v) is 25.7. The lowest BCUT2D eigenvalue weighted by Gasteiger charge is -2.28. The van der Waals surface area contributed by atoms with Crippen LogP contribution in [0.2, 0.25) is 0 Å². The fraction of sp³-hybridized carbons (Fsp3) is 0.633. The van der Waals surface area contributed by atoms with Gasteiger partial charge in [0.25, 0.3) is 0 Å². The van der Waals surface area contributed by atoms with Crippen LogP contribution in [0.15, 0.2) is 30.3 Å². The quantitative estimate of drug-likeness (QED) is 0.142. The molecule has 4 N–H and O–H groups in total. The molecule has 1 rings (SSSR count). The van der Waals surface area contributed by atoms with E-state index in [1.807, 2.05) is 58.0 Å². The molecule has 1 aromatic carbocycles. The van der Waals surface area contributed by atoms with E-state index in [1.165, 1.54) is 0 Å². The molecular weight excluding hydrogens is 528 g/mol. The lowest BCUT2D eigenvalue weighted by atomic mass is 9.97. The summed E-state index contributed by atoms with van der Waals surface area (Å²) in [6.07, 6.45) is 0.348. The predicted octanol–water partition coefficient (Wildman–Crippen LogP) is 3.07. The van der Waals surface area contributed by atoms with E-state index in [0.717, 1.165) is 5.56 Å². The van der Waals surface area contributed by atoms with Crippen LogP contribution in [-0.4, -0.2) is 60.7 Å². The van der Waals surface area contributed by atoms with Crippen LogP contribution in [0, 0.1) is 17.8 Å². The zero-order valence-electron chi connectivity index (χ0n) is 25.7. The number of ether oxygens (including phenoxy) is 2. The summed E-state index contributed by atoms with van der Waals surface area (Å²) in [7, 11) is 0. The molecule has 0 spiro atoms. The summed E-state index contributed by atoms with van der Waals surface area (Å²) in [5.41, 5.74) is 0.0543. The molecule has 0 saturated heterocycles. The van der Waals surface area contributed by atoms with Gasteiger partial charge in [0.1, 0.15) is 23.6 Å². The first-order valence-electron chi connectivity index (χ1n) is 14.2. The lowest BCUT2D eigenvalue weighted by molar-refractivity contribution is -0.152. The average molecular weight is 577 g/mol. The Morgan fingerprint density at radius 2 is 1.46 bits per heavy atom. The van der Waals surface area contributed by atoms with Gasteiger partial charge < -0.3 is 30.7 Å². The van der Waals surface area contributed by atoms with Crippen molar-refractivity contribution in [3.8, 4) is 0 Å². The second kappa shape index (κ2) is 17.2. The van der Waals surface area contributed by atoms with E-state index in [0.29, 0.717) is 12.8 Å². The molecule has 0 aliphatic carbocycles. The Balaban J connectivity index is 2.89. The van der Waals surface area contributed by atoms with Crippen LogP contribution in [0.25, 0.3) is 0 Å². The highest BCUT2D eigenvalue weighted by Crippen LogP contribution is 2.14. The standard InChI is InChI=1S/C30H48N4O7/c1-9-20(5)24(34-29(39)41-30(6,7)8)27(37)33-23(16-19(3)4)26(36)32-18-31-25(35)22(28(38)40-10-2)17-21-14-12-11-13-15-21/h11-15,19-20,22-24H,9-10,16-18H2,1-8H3,(H,31,35)(H,32,36)(H,33,37)(H,34,39)/t20-,22?,23-,24-/m0/s1. The van der Waals surface area contributed by atoms with Gasteiger partial charge in [-0.1, -0.05) is 64.4 Å². The number of esters is 1. The third kappa shape index (κ3) is 13.5. The summed E-state index contributed by atoms with van der Waals surface area (Å²) in [6.45, 7) is 14.3. The van der Waals surface area contributed by atoms with E-state index in [2.05, 4.69) is 21.3 Å². The van der Waals surface area contributed by atoms with Gasteiger partial charge in [0, 0.05) is 0 Å². The smallest absolute Gasteiger partial charge is 0.408 e. The highest BCUT2D eigenvalue weighted by molar-refractivity contribution is 5.98. The molecule has 4 atom stereocenters. The van der Waals surface area contributed by atoms with Crippen LogP contribution in [0.4, 0.5) is 4.79 Å². The Bertz CT molecular complexity index is 1010. The van der Waals surface area contributed by atoms with E-state index in [-0.39, 0.29) is 31.5 Å². The first-order valence-corrected chi connectivity index (χ1v) is 14.2. The number of hydrogen-bond acceptors (Lipinski definition) is 7.